The van der Waals surface area contributed by atoms with Crippen molar-refractivity contribution in [2.24, 2.45) is 5.73 Å². The molecule has 0 bridgehead atoms. The first-order valence-electron chi connectivity index (χ1n) is 3.60. The number of nitrogens with two attached hydrogens (primary N) is 1. The Bertz CT molecular complexity index is 130. The molecule has 1 aliphatic rings. The third kappa shape index (κ3) is 1.48. The van der Waals surface area contributed by atoms with Crippen molar-refractivity contribution in [3.05, 3.63) is 6.54 Å². The molecule has 57 valence electrons. The summed E-state index contributed by atoms with van der Waals surface area (Å²) in [7, 11) is 0. The molecule has 0 aromatic carbocycles. The van der Waals surface area contributed by atoms with Crippen LogP contribution in [0, 0.1) is 6.54 Å². The van der Waals surface area contributed by atoms with E-state index in [2.05, 4.69) is 6.54 Å². The largest absolute Gasteiger partial charge is 0.368 e. The summed E-state index contributed by atoms with van der Waals surface area (Å²) in [6, 6.07) is -0.123. The van der Waals surface area contributed by atoms with Gasteiger partial charge in [-0.3, -0.25) is 9.69 Å². The average Bonchev–Trinajstić information content (AvgIpc) is 2.36. The van der Waals surface area contributed by atoms with Crippen molar-refractivity contribution >= 4 is 5.91 Å². The number of rotatable bonds is 2. The molecule has 0 saturated carbocycles. The molecule has 0 aromatic rings. The monoisotopic (exact) mass is 141 g/mol. The molecule has 1 radical (unpaired) electrons. The molecule has 1 heterocycles. The SMILES string of the molecule is CC(C(N)=O)N1[CH]CCC1. The van der Waals surface area contributed by atoms with Crippen molar-refractivity contribution in [3.8, 4) is 0 Å². The minimum atomic E-state index is -0.238. The van der Waals surface area contributed by atoms with Crippen molar-refractivity contribution in [2.75, 3.05) is 6.54 Å². The van der Waals surface area contributed by atoms with Gasteiger partial charge in [-0.2, -0.15) is 0 Å². The lowest BCUT2D eigenvalue weighted by Gasteiger charge is -2.19. The summed E-state index contributed by atoms with van der Waals surface area (Å²) in [6.07, 6.45) is 2.23. The second-order valence-corrected chi connectivity index (χ2v) is 2.64. The highest BCUT2D eigenvalue weighted by Crippen LogP contribution is 2.14. The van der Waals surface area contributed by atoms with Gasteiger partial charge >= 0.3 is 0 Å². The van der Waals surface area contributed by atoms with E-state index in [9.17, 15) is 4.79 Å². The maximum absolute atomic E-state index is 10.6. The summed E-state index contributed by atoms with van der Waals surface area (Å²) in [4.78, 5) is 12.6. The summed E-state index contributed by atoms with van der Waals surface area (Å²) in [5.74, 6) is -0.238. The number of carbonyl (C=O) groups is 1. The maximum atomic E-state index is 10.6. The average molecular weight is 141 g/mol. The molecule has 1 rings (SSSR count). The summed E-state index contributed by atoms with van der Waals surface area (Å²) >= 11 is 0. The Morgan fingerprint density at radius 3 is 2.90 bits per heavy atom. The van der Waals surface area contributed by atoms with E-state index < -0.39 is 0 Å². The van der Waals surface area contributed by atoms with E-state index >= 15 is 0 Å². The van der Waals surface area contributed by atoms with Gasteiger partial charge in [-0.25, -0.2) is 0 Å². The van der Waals surface area contributed by atoms with Gasteiger partial charge in [0.15, 0.2) is 0 Å². The topological polar surface area (TPSA) is 46.3 Å². The second-order valence-electron chi connectivity index (χ2n) is 2.64. The summed E-state index contributed by atoms with van der Waals surface area (Å²) < 4.78 is 0. The summed E-state index contributed by atoms with van der Waals surface area (Å²) in [6.45, 7) is 4.86. The first-order valence-corrected chi connectivity index (χ1v) is 3.60. The zero-order valence-corrected chi connectivity index (χ0v) is 6.21. The van der Waals surface area contributed by atoms with Crippen LogP contribution in [0.5, 0.6) is 0 Å². The molecule has 10 heavy (non-hydrogen) atoms. The van der Waals surface area contributed by atoms with Crippen LogP contribution in [0.2, 0.25) is 0 Å². The van der Waals surface area contributed by atoms with Gasteiger partial charge < -0.3 is 5.73 Å². The van der Waals surface area contributed by atoms with E-state index in [1.165, 1.54) is 0 Å². The first-order chi connectivity index (χ1) is 4.72. The van der Waals surface area contributed by atoms with E-state index in [-0.39, 0.29) is 11.9 Å². The number of primary amides is 1. The van der Waals surface area contributed by atoms with Crippen molar-refractivity contribution in [1.82, 2.24) is 4.90 Å². The lowest BCUT2D eigenvalue weighted by atomic mass is 10.3. The van der Waals surface area contributed by atoms with Crippen LogP contribution in [0.4, 0.5) is 0 Å². The molecule has 0 spiro atoms. The predicted molar refractivity (Wildman–Crippen MR) is 38.9 cm³/mol. The van der Waals surface area contributed by atoms with Gasteiger partial charge in [0.1, 0.15) is 0 Å². The maximum Gasteiger partial charge on any atom is 0.234 e. The minimum Gasteiger partial charge on any atom is -0.368 e. The molecule has 1 aliphatic heterocycles. The Labute approximate surface area is 61.2 Å². The molecule has 1 saturated heterocycles. The Hall–Kier alpha value is -0.570. The number of hydrogen-bond acceptors (Lipinski definition) is 2. The van der Waals surface area contributed by atoms with Gasteiger partial charge in [-0.1, -0.05) is 0 Å². The summed E-state index contributed by atoms with van der Waals surface area (Å²) in [5, 5.41) is 0. The first kappa shape index (κ1) is 7.54. The zero-order chi connectivity index (χ0) is 7.56. The molecule has 2 N–H and O–H groups in total. The zero-order valence-electron chi connectivity index (χ0n) is 6.21. The van der Waals surface area contributed by atoms with Gasteiger partial charge in [0, 0.05) is 6.54 Å². The molecule has 1 fully saturated rings. The van der Waals surface area contributed by atoms with Crippen LogP contribution in [-0.4, -0.2) is 23.4 Å². The van der Waals surface area contributed by atoms with Crippen LogP contribution in [0.25, 0.3) is 0 Å². The van der Waals surface area contributed by atoms with Crippen molar-refractivity contribution in [2.45, 2.75) is 25.8 Å². The van der Waals surface area contributed by atoms with Gasteiger partial charge in [0.2, 0.25) is 5.91 Å². The van der Waals surface area contributed by atoms with E-state index in [1.54, 1.807) is 0 Å². The summed E-state index contributed by atoms with van der Waals surface area (Å²) in [5.41, 5.74) is 5.12. The van der Waals surface area contributed by atoms with Gasteiger partial charge in [0.25, 0.3) is 0 Å². The molecule has 1 atom stereocenters. The third-order valence-corrected chi connectivity index (χ3v) is 1.89. The smallest absolute Gasteiger partial charge is 0.234 e. The van der Waals surface area contributed by atoms with E-state index in [1.807, 2.05) is 11.8 Å². The van der Waals surface area contributed by atoms with Crippen LogP contribution in [-0.2, 0) is 4.79 Å². The second kappa shape index (κ2) is 3.01. The lowest BCUT2D eigenvalue weighted by Crippen LogP contribution is -2.39. The fraction of sp³-hybridized carbons (Fsp3) is 0.714. The Balaban J connectivity index is 2.39. The van der Waals surface area contributed by atoms with Gasteiger partial charge in [0.05, 0.1) is 6.04 Å². The fourth-order valence-electron chi connectivity index (χ4n) is 1.14. The van der Waals surface area contributed by atoms with E-state index in [0.717, 1.165) is 19.4 Å². The van der Waals surface area contributed by atoms with Crippen molar-refractivity contribution < 1.29 is 4.79 Å². The van der Waals surface area contributed by atoms with E-state index in [0.29, 0.717) is 0 Å². The molecule has 0 aliphatic carbocycles. The molecule has 3 nitrogen and oxygen atoms in total. The van der Waals surface area contributed by atoms with Crippen LogP contribution in [0.3, 0.4) is 0 Å². The van der Waals surface area contributed by atoms with Gasteiger partial charge in [-0.05, 0) is 26.3 Å². The number of amides is 1. The standard InChI is InChI=1S/C7H13N2O/c1-6(7(8)10)9-4-2-3-5-9/h4,6H,2-3,5H2,1H3,(H2,8,10). The van der Waals surface area contributed by atoms with Crippen LogP contribution in [0.15, 0.2) is 0 Å². The van der Waals surface area contributed by atoms with E-state index in [4.69, 9.17) is 5.73 Å². The molecular weight excluding hydrogens is 128 g/mol. The predicted octanol–water partition coefficient (Wildman–Crippen LogP) is 0.118. The fourth-order valence-corrected chi connectivity index (χ4v) is 1.14. The third-order valence-electron chi connectivity index (χ3n) is 1.89. The van der Waals surface area contributed by atoms with Crippen molar-refractivity contribution in [3.63, 3.8) is 0 Å². The lowest BCUT2D eigenvalue weighted by molar-refractivity contribution is -0.121. The Morgan fingerprint density at radius 2 is 2.50 bits per heavy atom. The normalized spacial score (nSPS) is 22.9. The Kier molecular flexibility index (Phi) is 2.27. The highest BCUT2D eigenvalue weighted by atomic mass is 16.1. The number of likely N-dealkylation sites (tertiary alicyclic amines) is 1. The highest BCUT2D eigenvalue weighted by Gasteiger charge is 2.21. The quantitative estimate of drug-likeness (QED) is 0.593. The highest BCUT2D eigenvalue weighted by molar-refractivity contribution is 5.79. The molecule has 1 unspecified atom stereocenters. The van der Waals surface area contributed by atoms with Crippen LogP contribution < -0.4 is 5.73 Å². The number of carbonyl (C=O) groups excluding carboxylic acids is 1. The van der Waals surface area contributed by atoms with Crippen LogP contribution in [0.1, 0.15) is 19.8 Å². The number of hydrogen-bond donors (Lipinski definition) is 1. The van der Waals surface area contributed by atoms with Crippen molar-refractivity contribution in [1.29, 1.82) is 0 Å². The molecular formula is C7H13N2O. The number of nitrogens with zero attached hydrogens (tertiary/aromatic N) is 1. The van der Waals surface area contributed by atoms with Crippen LogP contribution >= 0.6 is 0 Å². The minimum absolute atomic E-state index is 0.123. The molecule has 1 amide bonds. The Morgan fingerprint density at radius 1 is 1.80 bits per heavy atom. The van der Waals surface area contributed by atoms with Gasteiger partial charge in [-0.15, -0.1) is 0 Å². The molecule has 0 aromatic heterocycles. The molecule has 3 heteroatoms.